The molecule has 0 bridgehead atoms. The molecular weight excluding hydrogens is 376 g/mol. The lowest BCUT2D eigenvalue weighted by Crippen LogP contribution is -2.50. The summed E-state index contributed by atoms with van der Waals surface area (Å²) in [5.74, 6) is -0.407. The first-order valence-electron chi connectivity index (χ1n) is 9.57. The molecule has 0 atom stereocenters. The summed E-state index contributed by atoms with van der Waals surface area (Å²) < 4.78 is 10.0. The topological polar surface area (TPSA) is 105 Å². The Morgan fingerprint density at radius 3 is 2.14 bits per heavy atom. The Morgan fingerprint density at radius 1 is 1.07 bits per heavy atom. The van der Waals surface area contributed by atoms with E-state index in [0.29, 0.717) is 31.9 Å². The van der Waals surface area contributed by atoms with Gasteiger partial charge in [0.1, 0.15) is 5.60 Å². The van der Waals surface area contributed by atoms with Gasteiger partial charge in [-0.05, 0) is 45.0 Å². The van der Waals surface area contributed by atoms with Gasteiger partial charge in [-0.15, -0.1) is 0 Å². The van der Waals surface area contributed by atoms with Crippen molar-refractivity contribution in [3.8, 4) is 0 Å². The minimum absolute atomic E-state index is 0.0633. The number of esters is 1. The van der Waals surface area contributed by atoms with Crippen LogP contribution in [-0.2, 0) is 14.3 Å². The van der Waals surface area contributed by atoms with Crippen molar-refractivity contribution in [2.75, 3.05) is 49.6 Å². The lowest BCUT2D eigenvalue weighted by atomic mass is 10.2. The summed E-state index contributed by atoms with van der Waals surface area (Å²) in [6, 6.07) is 6.74. The Bertz CT molecular complexity index is 721. The van der Waals surface area contributed by atoms with Gasteiger partial charge in [0.05, 0.1) is 13.5 Å². The SMILES string of the molecule is COC(=O)CCN(C(N)=O)c1ccc(N2CCN(C(=O)OC(C)(C)C)CC2)cc1. The Kier molecular flexibility index (Phi) is 7.30. The van der Waals surface area contributed by atoms with Crippen LogP contribution in [0.25, 0.3) is 0 Å². The average Bonchev–Trinajstić information content (AvgIpc) is 2.67. The van der Waals surface area contributed by atoms with E-state index in [1.165, 1.54) is 12.0 Å². The zero-order valence-corrected chi connectivity index (χ0v) is 17.5. The van der Waals surface area contributed by atoms with E-state index in [1.54, 1.807) is 17.0 Å². The lowest BCUT2D eigenvalue weighted by molar-refractivity contribution is -0.140. The Labute approximate surface area is 171 Å². The Balaban J connectivity index is 1.95. The Hall–Kier alpha value is -2.97. The molecule has 0 unspecified atom stereocenters. The number of nitrogens with zero attached hydrogens (tertiary/aromatic N) is 3. The summed E-state index contributed by atoms with van der Waals surface area (Å²) in [6.45, 7) is 8.21. The lowest BCUT2D eigenvalue weighted by Gasteiger charge is -2.36. The molecule has 9 nitrogen and oxygen atoms in total. The van der Waals surface area contributed by atoms with Crippen LogP contribution in [0.3, 0.4) is 0 Å². The third-order valence-corrected chi connectivity index (χ3v) is 4.49. The summed E-state index contributed by atoms with van der Waals surface area (Å²) in [7, 11) is 1.30. The van der Waals surface area contributed by atoms with E-state index in [9.17, 15) is 14.4 Å². The number of hydrogen-bond donors (Lipinski definition) is 1. The third-order valence-electron chi connectivity index (χ3n) is 4.49. The number of carbonyl (C=O) groups excluding carboxylic acids is 3. The first kappa shape index (κ1) is 22.3. The maximum atomic E-state index is 12.2. The van der Waals surface area contributed by atoms with Crippen molar-refractivity contribution < 1.29 is 23.9 Å². The monoisotopic (exact) mass is 406 g/mol. The molecule has 2 rings (SSSR count). The number of primary amides is 1. The van der Waals surface area contributed by atoms with Gasteiger partial charge < -0.3 is 25.0 Å². The summed E-state index contributed by atoms with van der Waals surface area (Å²) in [4.78, 5) is 40.4. The summed E-state index contributed by atoms with van der Waals surface area (Å²) in [5.41, 5.74) is 6.52. The van der Waals surface area contributed by atoms with Crippen LogP contribution >= 0.6 is 0 Å². The smallest absolute Gasteiger partial charge is 0.410 e. The van der Waals surface area contributed by atoms with E-state index in [1.807, 2.05) is 32.9 Å². The highest BCUT2D eigenvalue weighted by atomic mass is 16.6. The quantitative estimate of drug-likeness (QED) is 0.752. The van der Waals surface area contributed by atoms with Crippen LogP contribution in [0.2, 0.25) is 0 Å². The molecule has 1 saturated heterocycles. The van der Waals surface area contributed by atoms with Crippen molar-refractivity contribution in [2.45, 2.75) is 32.8 Å². The first-order valence-corrected chi connectivity index (χ1v) is 9.57. The van der Waals surface area contributed by atoms with Crippen molar-refractivity contribution >= 4 is 29.5 Å². The van der Waals surface area contributed by atoms with Gasteiger partial charge in [-0.1, -0.05) is 0 Å². The highest BCUT2D eigenvalue weighted by molar-refractivity contribution is 5.91. The fourth-order valence-corrected chi connectivity index (χ4v) is 2.99. The predicted octanol–water partition coefficient (Wildman–Crippen LogP) is 2.19. The summed E-state index contributed by atoms with van der Waals surface area (Å²) >= 11 is 0. The van der Waals surface area contributed by atoms with Gasteiger partial charge in [-0.25, -0.2) is 9.59 Å². The van der Waals surface area contributed by atoms with Crippen molar-refractivity contribution in [1.82, 2.24) is 4.90 Å². The van der Waals surface area contributed by atoms with Crippen LogP contribution in [0, 0.1) is 0 Å². The number of carbonyl (C=O) groups is 3. The number of nitrogens with two attached hydrogens (primary N) is 1. The fraction of sp³-hybridized carbons (Fsp3) is 0.550. The second-order valence-electron chi connectivity index (χ2n) is 7.79. The van der Waals surface area contributed by atoms with E-state index in [2.05, 4.69) is 9.64 Å². The van der Waals surface area contributed by atoms with Gasteiger partial charge in [0.2, 0.25) is 0 Å². The number of amides is 3. The molecule has 0 spiro atoms. The second-order valence-corrected chi connectivity index (χ2v) is 7.79. The number of anilines is 2. The molecule has 160 valence electrons. The van der Waals surface area contributed by atoms with Gasteiger partial charge in [0.15, 0.2) is 0 Å². The average molecular weight is 406 g/mol. The van der Waals surface area contributed by atoms with Crippen LogP contribution in [0.15, 0.2) is 24.3 Å². The van der Waals surface area contributed by atoms with Gasteiger partial charge in [-0.2, -0.15) is 0 Å². The largest absolute Gasteiger partial charge is 0.469 e. The van der Waals surface area contributed by atoms with Crippen LogP contribution in [0.4, 0.5) is 21.0 Å². The van der Waals surface area contributed by atoms with Crippen LogP contribution in [0.5, 0.6) is 0 Å². The molecule has 1 heterocycles. The van der Waals surface area contributed by atoms with Crippen LogP contribution in [-0.4, -0.2) is 68.4 Å². The number of methoxy groups -OCH3 is 1. The minimum Gasteiger partial charge on any atom is -0.469 e. The highest BCUT2D eigenvalue weighted by Crippen LogP contribution is 2.23. The van der Waals surface area contributed by atoms with E-state index in [-0.39, 0.29) is 19.1 Å². The van der Waals surface area contributed by atoms with Crippen LogP contribution < -0.4 is 15.5 Å². The van der Waals surface area contributed by atoms with E-state index < -0.39 is 17.6 Å². The molecule has 0 radical (unpaired) electrons. The molecule has 1 aromatic rings. The highest BCUT2D eigenvalue weighted by Gasteiger charge is 2.26. The van der Waals surface area contributed by atoms with Crippen LogP contribution in [0.1, 0.15) is 27.2 Å². The van der Waals surface area contributed by atoms with Crippen molar-refractivity contribution in [3.05, 3.63) is 24.3 Å². The number of rotatable bonds is 5. The molecule has 0 aromatic heterocycles. The molecule has 0 aliphatic carbocycles. The van der Waals surface area contributed by atoms with E-state index in [0.717, 1.165) is 5.69 Å². The zero-order valence-electron chi connectivity index (χ0n) is 17.5. The van der Waals surface area contributed by atoms with Crippen molar-refractivity contribution in [1.29, 1.82) is 0 Å². The van der Waals surface area contributed by atoms with E-state index in [4.69, 9.17) is 10.5 Å². The van der Waals surface area contributed by atoms with Gasteiger partial charge in [-0.3, -0.25) is 9.69 Å². The molecule has 9 heteroatoms. The number of urea groups is 1. The number of piperazine rings is 1. The standard InChI is InChI=1S/C20H30N4O5/c1-20(2,3)29-19(27)23-13-11-22(12-14-23)15-5-7-16(8-6-15)24(18(21)26)10-9-17(25)28-4/h5-8H,9-14H2,1-4H3,(H2,21,26). The maximum Gasteiger partial charge on any atom is 0.410 e. The zero-order chi connectivity index (χ0) is 21.6. The van der Waals surface area contributed by atoms with Crippen molar-refractivity contribution in [3.63, 3.8) is 0 Å². The number of benzene rings is 1. The molecule has 1 aliphatic heterocycles. The molecule has 29 heavy (non-hydrogen) atoms. The number of hydrogen-bond acceptors (Lipinski definition) is 6. The molecule has 1 aromatic carbocycles. The predicted molar refractivity (Wildman–Crippen MR) is 110 cm³/mol. The molecule has 0 saturated carbocycles. The van der Waals surface area contributed by atoms with Gasteiger partial charge >= 0.3 is 18.1 Å². The molecule has 2 N–H and O–H groups in total. The summed E-state index contributed by atoms with van der Waals surface area (Å²) in [5, 5.41) is 0. The van der Waals surface area contributed by atoms with E-state index >= 15 is 0 Å². The molecule has 1 fully saturated rings. The molecular formula is C20H30N4O5. The number of ether oxygens (including phenoxy) is 2. The third kappa shape index (κ3) is 6.55. The first-order chi connectivity index (χ1) is 13.6. The second kappa shape index (κ2) is 9.49. The molecule has 1 aliphatic rings. The Morgan fingerprint density at radius 2 is 1.66 bits per heavy atom. The fourth-order valence-electron chi connectivity index (χ4n) is 2.99. The van der Waals surface area contributed by atoms with Gasteiger partial charge in [0.25, 0.3) is 0 Å². The van der Waals surface area contributed by atoms with Gasteiger partial charge in [0, 0.05) is 44.1 Å². The summed E-state index contributed by atoms with van der Waals surface area (Å²) in [6.07, 6.45) is -0.233. The minimum atomic E-state index is -0.632. The van der Waals surface area contributed by atoms with Crippen molar-refractivity contribution in [2.24, 2.45) is 5.73 Å². The molecule has 3 amide bonds. The maximum absolute atomic E-state index is 12.2. The normalized spacial score (nSPS) is 14.3.